The van der Waals surface area contributed by atoms with Crippen LogP contribution in [0, 0.1) is 0 Å². The fraction of sp³-hybridized carbons (Fsp3) is 0.533. The van der Waals surface area contributed by atoms with Crippen molar-refractivity contribution >= 4 is 27.7 Å². The zero-order valence-corrected chi connectivity index (χ0v) is 15.4. The number of methoxy groups -OCH3 is 1. The summed E-state index contributed by atoms with van der Waals surface area (Å²) < 4.78 is 35.1. The molecule has 0 aromatic heterocycles. The van der Waals surface area contributed by atoms with Gasteiger partial charge in [-0.05, 0) is 18.2 Å². The third-order valence-electron chi connectivity index (χ3n) is 3.51. The summed E-state index contributed by atoms with van der Waals surface area (Å²) in [5.74, 6) is 0.898. The lowest BCUT2D eigenvalue weighted by molar-refractivity contribution is -0.119. The molecular formula is C15H22N2O5S2. The number of amides is 1. The maximum absolute atomic E-state index is 11.9. The smallest absolute Gasteiger partial charge is 0.230 e. The average molecular weight is 374 g/mol. The number of hydrogen-bond acceptors (Lipinski definition) is 6. The van der Waals surface area contributed by atoms with Crippen molar-refractivity contribution in [3.05, 3.63) is 24.3 Å². The molecule has 0 spiro atoms. The topological polar surface area (TPSA) is 84.9 Å². The Morgan fingerprint density at radius 1 is 1.50 bits per heavy atom. The number of carbonyl (C=O) groups excluding carboxylic acids is 1. The number of nitrogens with one attached hydrogen (secondary N) is 1. The van der Waals surface area contributed by atoms with Crippen LogP contribution in [0.4, 0.5) is 0 Å². The minimum absolute atomic E-state index is 0.122. The van der Waals surface area contributed by atoms with Gasteiger partial charge in [-0.3, -0.25) is 4.79 Å². The van der Waals surface area contributed by atoms with E-state index < -0.39 is 10.0 Å². The normalized spacial score (nSPS) is 19.0. The van der Waals surface area contributed by atoms with E-state index >= 15 is 0 Å². The van der Waals surface area contributed by atoms with E-state index in [1.165, 1.54) is 22.3 Å². The second-order valence-corrected chi connectivity index (χ2v) is 8.42. The van der Waals surface area contributed by atoms with Crippen LogP contribution in [0.3, 0.4) is 0 Å². The molecule has 1 aliphatic rings. The Bertz CT molecular complexity index is 666. The van der Waals surface area contributed by atoms with Gasteiger partial charge in [-0.15, -0.1) is 11.8 Å². The van der Waals surface area contributed by atoms with Gasteiger partial charge < -0.3 is 14.8 Å². The van der Waals surface area contributed by atoms with Crippen LogP contribution in [0.2, 0.25) is 0 Å². The van der Waals surface area contributed by atoms with E-state index in [1.807, 2.05) is 24.3 Å². The second-order valence-electron chi connectivity index (χ2n) is 5.39. The molecule has 24 heavy (non-hydrogen) atoms. The average Bonchev–Trinajstić information content (AvgIpc) is 2.58. The lowest BCUT2D eigenvalue weighted by Gasteiger charge is -2.31. The molecule has 1 aliphatic heterocycles. The van der Waals surface area contributed by atoms with E-state index in [4.69, 9.17) is 9.47 Å². The minimum Gasteiger partial charge on any atom is -0.497 e. The number of morpholine rings is 1. The van der Waals surface area contributed by atoms with Crippen LogP contribution in [0.5, 0.6) is 5.75 Å². The Balaban J connectivity index is 1.74. The third-order valence-corrected chi connectivity index (χ3v) is 5.77. The number of ether oxygens (including phenoxy) is 2. The molecule has 0 radical (unpaired) electrons. The van der Waals surface area contributed by atoms with Crippen LogP contribution in [-0.2, 0) is 19.6 Å². The van der Waals surface area contributed by atoms with Crippen molar-refractivity contribution in [3.63, 3.8) is 0 Å². The Morgan fingerprint density at radius 3 is 3.00 bits per heavy atom. The van der Waals surface area contributed by atoms with Crippen molar-refractivity contribution < 1.29 is 22.7 Å². The molecule has 1 saturated heterocycles. The summed E-state index contributed by atoms with van der Waals surface area (Å²) in [6.45, 7) is 1.26. The van der Waals surface area contributed by atoms with Crippen molar-refractivity contribution in [2.75, 3.05) is 45.4 Å². The molecule has 1 aromatic rings. The summed E-state index contributed by atoms with van der Waals surface area (Å²) in [6.07, 6.45) is 0.859. The van der Waals surface area contributed by atoms with E-state index in [0.29, 0.717) is 19.7 Å². The maximum atomic E-state index is 11.9. The molecule has 134 valence electrons. The van der Waals surface area contributed by atoms with Gasteiger partial charge in [0.2, 0.25) is 15.9 Å². The SMILES string of the molecule is COc1cccc(SCC(=O)NC[C@H]2CN(S(C)(=O)=O)CCO2)c1. The molecule has 1 aromatic carbocycles. The molecule has 1 fully saturated rings. The number of carbonyl (C=O) groups is 1. The van der Waals surface area contributed by atoms with Gasteiger partial charge in [0.15, 0.2) is 0 Å². The van der Waals surface area contributed by atoms with Crippen molar-refractivity contribution in [2.24, 2.45) is 0 Å². The number of sulfonamides is 1. The Labute approximate surface area is 146 Å². The van der Waals surface area contributed by atoms with E-state index in [1.54, 1.807) is 7.11 Å². The molecule has 9 heteroatoms. The summed E-state index contributed by atoms with van der Waals surface area (Å²) in [7, 11) is -1.63. The van der Waals surface area contributed by atoms with Crippen molar-refractivity contribution in [1.29, 1.82) is 0 Å². The summed E-state index contributed by atoms with van der Waals surface area (Å²) in [4.78, 5) is 12.9. The van der Waals surface area contributed by atoms with E-state index in [2.05, 4.69) is 5.32 Å². The Morgan fingerprint density at radius 2 is 2.29 bits per heavy atom. The van der Waals surface area contributed by atoms with Crippen LogP contribution in [-0.4, -0.2) is 70.1 Å². The van der Waals surface area contributed by atoms with Gasteiger partial charge in [0, 0.05) is 24.5 Å². The fourth-order valence-corrected chi connectivity index (χ4v) is 3.85. The summed E-state index contributed by atoms with van der Waals surface area (Å²) in [5, 5.41) is 2.79. The van der Waals surface area contributed by atoms with Crippen LogP contribution < -0.4 is 10.1 Å². The standard InChI is InChI=1S/C15H22N2O5S2/c1-21-12-4-3-5-14(8-12)23-11-15(18)16-9-13-10-17(6-7-22-13)24(2,19)20/h3-5,8,13H,6-7,9-11H2,1-2H3,(H,16,18)/t13-/m0/s1. The molecule has 0 bridgehead atoms. The van der Waals surface area contributed by atoms with Gasteiger partial charge in [0.25, 0.3) is 0 Å². The van der Waals surface area contributed by atoms with Gasteiger partial charge in [-0.2, -0.15) is 4.31 Å². The van der Waals surface area contributed by atoms with Gasteiger partial charge in [0.1, 0.15) is 5.75 Å². The van der Waals surface area contributed by atoms with Crippen LogP contribution >= 0.6 is 11.8 Å². The first-order valence-corrected chi connectivity index (χ1v) is 10.3. The number of rotatable bonds is 7. The molecule has 1 atom stereocenters. The molecule has 0 unspecified atom stereocenters. The van der Waals surface area contributed by atoms with Crippen molar-refractivity contribution in [3.8, 4) is 5.75 Å². The number of hydrogen-bond donors (Lipinski definition) is 1. The van der Waals surface area contributed by atoms with Gasteiger partial charge >= 0.3 is 0 Å². The molecule has 1 heterocycles. The first kappa shape index (κ1) is 19.0. The third kappa shape index (κ3) is 5.97. The van der Waals surface area contributed by atoms with Crippen LogP contribution in [0.15, 0.2) is 29.2 Å². The zero-order chi connectivity index (χ0) is 17.6. The number of nitrogens with zero attached hydrogens (tertiary/aromatic N) is 1. The summed E-state index contributed by atoms with van der Waals surface area (Å²) in [6, 6.07) is 7.49. The van der Waals surface area contributed by atoms with Gasteiger partial charge in [-0.25, -0.2) is 8.42 Å². The van der Waals surface area contributed by atoms with Gasteiger partial charge in [-0.1, -0.05) is 6.07 Å². The molecule has 0 aliphatic carbocycles. The molecule has 0 saturated carbocycles. The highest BCUT2D eigenvalue weighted by Gasteiger charge is 2.26. The first-order chi connectivity index (χ1) is 11.4. The Hall–Kier alpha value is -1.29. The molecule has 1 amide bonds. The maximum Gasteiger partial charge on any atom is 0.230 e. The van der Waals surface area contributed by atoms with Crippen molar-refractivity contribution in [1.82, 2.24) is 9.62 Å². The molecular weight excluding hydrogens is 352 g/mol. The highest BCUT2D eigenvalue weighted by Crippen LogP contribution is 2.22. The lowest BCUT2D eigenvalue weighted by Crippen LogP contribution is -2.49. The van der Waals surface area contributed by atoms with E-state index in [9.17, 15) is 13.2 Å². The highest BCUT2D eigenvalue weighted by atomic mass is 32.2. The highest BCUT2D eigenvalue weighted by molar-refractivity contribution is 8.00. The monoisotopic (exact) mass is 374 g/mol. The largest absolute Gasteiger partial charge is 0.497 e. The van der Waals surface area contributed by atoms with Crippen LogP contribution in [0.1, 0.15) is 0 Å². The second kappa shape index (κ2) is 8.70. The summed E-state index contributed by atoms with van der Waals surface area (Å²) in [5.41, 5.74) is 0. The quantitative estimate of drug-likeness (QED) is 0.702. The van der Waals surface area contributed by atoms with Gasteiger partial charge in [0.05, 0.1) is 31.8 Å². The first-order valence-electron chi connectivity index (χ1n) is 7.49. The predicted octanol–water partition coefficient (Wildman–Crippen LogP) is 0.564. The minimum atomic E-state index is -3.23. The lowest BCUT2D eigenvalue weighted by atomic mass is 10.3. The molecule has 2 rings (SSSR count). The van der Waals surface area contributed by atoms with E-state index in [-0.39, 0.29) is 24.3 Å². The fourth-order valence-electron chi connectivity index (χ4n) is 2.24. The molecule has 7 nitrogen and oxygen atoms in total. The molecule has 1 N–H and O–H groups in total. The van der Waals surface area contributed by atoms with E-state index in [0.717, 1.165) is 10.6 Å². The van der Waals surface area contributed by atoms with Crippen LogP contribution in [0.25, 0.3) is 0 Å². The summed E-state index contributed by atoms with van der Waals surface area (Å²) >= 11 is 1.41. The Kier molecular flexibility index (Phi) is 6.90. The predicted molar refractivity (Wildman–Crippen MR) is 92.9 cm³/mol. The van der Waals surface area contributed by atoms with Crippen molar-refractivity contribution in [2.45, 2.75) is 11.0 Å². The number of benzene rings is 1. The number of thioether (sulfide) groups is 1. The zero-order valence-electron chi connectivity index (χ0n) is 13.7.